The summed E-state index contributed by atoms with van der Waals surface area (Å²) in [5.41, 5.74) is 6.07. The standard InChI is InChI=1S/C17H29N5O2.2ClH/c1-14-19-15(20-24-14)12-21-7-9-22(10-8-21)16(23)11-17(13-18)5-3-2-4-6-17;;/h2-13,18H2,1H3;2*1H. The van der Waals surface area contributed by atoms with E-state index in [4.69, 9.17) is 10.3 Å². The first-order valence-corrected chi connectivity index (χ1v) is 9.10. The molecule has 26 heavy (non-hydrogen) atoms. The number of halogens is 2. The lowest BCUT2D eigenvalue weighted by Gasteiger charge is -2.39. The summed E-state index contributed by atoms with van der Waals surface area (Å²) in [6.07, 6.45) is 6.53. The molecule has 1 aliphatic heterocycles. The Morgan fingerprint density at radius 2 is 1.81 bits per heavy atom. The first kappa shape index (κ1) is 23.1. The van der Waals surface area contributed by atoms with Gasteiger partial charge in [0.25, 0.3) is 0 Å². The topological polar surface area (TPSA) is 88.5 Å². The van der Waals surface area contributed by atoms with Gasteiger partial charge in [-0.15, -0.1) is 24.8 Å². The molecule has 3 rings (SSSR count). The number of hydrogen-bond acceptors (Lipinski definition) is 6. The van der Waals surface area contributed by atoms with E-state index in [0.29, 0.717) is 25.4 Å². The summed E-state index contributed by atoms with van der Waals surface area (Å²) in [6.45, 7) is 6.38. The fourth-order valence-corrected chi connectivity index (χ4v) is 3.95. The van der Waals surface area contributed by atoms with Crippen molar-refractivity contribution in [3.63, 3.8) is 0 Å². The zero-order valence-electron chi connectivity index (χ0n) is 15.5. The summed E-state index contributed by atoms with van der Waals surface area (Å²) in [6, 6.07) is 0. The molecule has 0 unspecified atom stereocenters. The van der Waals surface area contributed by atoms with Crippen LogP contribution in [0, 0.1) is 12.3 Å². The van der Waals surface area contributed by atoms with Crippen molar-refractivity contribution in [3.8, 4) is 0 Å². The Kier molecular flexibility index (Phi) is 9.30. The van der Waals surface area contributed by atoms with Gasteiger partial charge in [0, 0.05) is 39.5 Å². The van der Waals surface area contributed by atoms with E-state index in [2.05, 4.69) is 15.0 Å². The second-order valence-corrected chi connectivity index (χ2v) is 7.33. The third kappa shape index (κ3) is 5.81. The molecule has 1 aromatic rings. The molecule has 2 aliphatic rings. The molecule has 2 fully saturated rings. The number of carbonyl (C=O) groups is 1. The van der Waals surface area contributed by atoms with Crippen LogP contribution in [0.1, 0.15) is 50.2 Å². The van der Waals surface area contributed by atoms with Crippen LogP contribution in [0.3, 0.4) is 0 Å². The summed E-state index contributed by atoms with van der Waals surface area (Å²) in [4.78, 5) is 21.2. The Morgan fingerprint density at radius 1 is 1.15 bits per heavy atom. The lowest BCUT2D eigenvalue weighted by Crippen LogP contribution is -2.50. The van der Waals surface area contributed by atoms with Crippen molar-refractivity contribution >= 4 is 30.7 Å². The van der Waals surface area contributed by atoms with Crippen molar-refractivity contribution in [2.45, 2.75) is 52.0 Å². The average molecular weight is 408 g/mol. The average Bonchev–Trinajstić information content (AvgIpc) is 3.01. The van der Waals surface area contributed by atoms with Crippen LogP contribution < -0.4 is 5.73 Å². The lowest BCUT2D eigenvalue weighted by atomic mass is 9.71. The van der Waals surface area contributed by atoms with Gasteiger partial charge in [-0.2, -0.15) is 4.98 Å². The first-order chi connectivity index (χ1) is 11.6. The third-order valence-electron chi connectivity index (χ3n) is 5.53. The molecule has 1 aliphatic carbocycles. The van der Waals surface area contributed by atoms with Crippen LogP contribution in [0.2, 0.25) is 0 Å². The van der Waals surface area contributed by atoms with Crippen LogP contribution in [0.15, 0.2) is 4.52 Å². The minimum absolute atomic E-state index is 0. The zero-order valence-corrected chi connectivity index (χ0v) is 17.1. The Hall–Kier alpha value is -0.890. The van der Waals surface area contributed by atoms with E-state index < -0.39 is 0 Å². The predicted octanol–water partition coefficient (Wildman–Crippen LogP) is 2.17. The van der Waals surface area contributed by atoms with Gasteiger partial charge in [0.15, 0.2) is 5.82 Å². The number of aryl methyl sites for hydroxylation is 1. The molecule has 0 spiro atoms. The van der Waals surface area contributed by atoms with E-state index >= 15 is 0 Å². The van der Waals surface area contributed by atoms with Crippen LogP contribution in [-0.4, -0.2) is 58.6 Å². The Balaban J connectivity index is 0.00000169. The van der Waals surface area contributed by atoms with Gasteiger partial charge in [0.05, 0.1) is 6.54 Å². The first-order valence-electron chi connectivity index (χ1n) is 9.10. The van der Waals surface area contributed by atoms with Gasteiger partial charge in [-0.05, 0) is 24.8 Å². The third-order valence-corrected chi connectivity index (χ3v) is 5.53. The maximum absolute atomic E-state index is 12.7. The second kappa shape index (κ2) is 10.4. The molecule has 1 amide bonds. The predicted molar refractivity (Wildman–Crippen MR) is 105 cm³/mol. The Bertz CT molecular complexity index is 555. The monoisotopic (exact) mass is 407 g/mol. The molecule has 1 saturated heterocycles. The SMILES string of the molecule is Cc1nc(CN2CCN(C(=O)CC3(CN)CCCCC3)CC2)no1.Cl.Cl. The highest BCUT2D eigenvalue weighted by Crippen LogP contribution is 2.38. The molecule has 0 aromatic carbocycles. The number of amides is 1. The molecule has 1 aromatic heterocycles. The molecular weight excluding hydrogens is 377 g/mol. The van der Waals surface area contributed by atoms with E-state index in [0.717, 1.165) is 44.8 Å². The van der Waals surface area contributed by atoms with Crippen molar-refractivity contribution in [1.29, 1.82) is 0 Å². The van der Waals surface area contributed by atoms with E-state index in [1.54, 1.807) is 6.92 Å². The molecule has 2 heterocycles. The molecule has 9 heteroatoms. The van der Waals surface area contributed by atoms with Crippen molar-refractivity contribution in [2.75, 3.05) is 32.7 Å². The van der Waals surface area contributed by atoms with Crippen LogP contribution in [0.25, 0.3) is 0 Å². The smallest absolute Gasteiger partial charge is 0.223 e. The summed E-state index contributed by atoms with van der Waals surface area (Å²) >= 11 is 0. The normalized spacial score (nSPS) is 20.2. The molecule has 2 N–H and O–H groups in total. The molecule has 0 atom stereocenters. The quantitative estimate of drug-likeness (QED) is 0.804. The summed E-state index contributed by atoms with van der Waals surface area (Å²) in [5, 5.41) is 3.94. The van der Waals surface area contributed by atoms with E-state index in [1.165, 1.54) is 19.3 Å². The molecule has 7 nitrogen and oxygen atoms in total. The van der Waals surface area contributed by atoms with Gasteiger partial charge in [0.2, 0.25) is 11.8 Å². The Labute approximate surface area is 167 Å². The molecule has 0 bridgehead atoms. The van der Waals surface area contributed by atoms with Crippen molar-refractivity contribution < 1.29 is 9.32 Å². The van der Waals surface area contributed by atoms with Gasteiger partial charge in [-0.3, -0.25) is 9.69 Å². The molecule has 0 radical (unpaired) electrons. The number of piperazine rings is 1. The van der Waals surface area contributed by atoms with Gasteiger partial charge < -0.3 is 15.2 Å². The van der Waals surface area contributed by atoms with Gasteiger partial charge in [-0.25, -0.2) is 0 Å². The van der Waals surface area contributed by atoms with Crippen molar-refractivity contribution in [2.24, 2.45) is 11.1 Å². The zero-order chi connectivity index (χ0) is 17.0. The number of nitrogens with zero attached hydrogens (tertiary/aromatic N) is 4. The lowest BCUT2D eigenvalue weighted by molar-refractivity contribution is -0.136. The summed E-state index contributed by atoms with van der Waals surface area (Å²) in [5.74, 6) is 1.59. The van der Waals surface area contributed by atoms with E-state index in [9.17, 15) is 4.79 Å². The number of rotatable bonds is 5. The molecule has 150 valence electrons. The minimum atomic E-state index is 0. The van der Waals surface area contributed by atoms with E-state index in [-0.39, 0.29) is 36.1 Å². The van der Waals surface area contributed by atoms with Crippen LogP contribution in [0.5, 0.6) is 0 Å². The van der Waals surface area contributed by atoms with Crippen molar-refractivity contribution in [1.82, 2.24) is 19.9 Å². The summed E-state index contributed by atoms with van der Waals surface area (Å²) in [7, 11) is 0. The number of carbonyl (C=O) groups excluding carboxylic acids is 1. The maximum atomic E-state index is 12.7. The largest absolute Gasteiger partial charge is 0.340 e. The fraction of sp³-hybridized carbons (Fsp3) is 0.824. The number of hydrogen-bond donors (Lipinski definition) is 1. The summed E-state index contributed by atoms with van der Waals surface area (Å²) < 4.78 is 5.01. The molecular formula is C17H31Cl2N5O2. The minimum Gasteiger partial charge on any atom is -0.340 e. The van der Waals surface area contributed by atoms with Crippen LogP contribution in [-0.2, 0) is 11.3 Å². The molecule has 1 saturated carbocycles. The number of nitrogens with two attached hydrogens (primary N) is 1. The number of aromatic nitrogens is 2. The van der Waals surface area contributed by atoms with Crippen molar-refractivity contribution in [3.05, 3.63) is 11.7 Å². The highest BCUT2D eigenvalue weighted by Gasteiger charge is 2.35. The van der Waals surface area contributed by atoms with Gasteiger partial charge >= 0.3 is 0 Å². The highest BCUT2D eigenvalue weighted by atomic mass is 35.5. The maximum Gasteiger partial charge on any atom is 0.223 e. The van der Waals surface area contributed by atoms with Crippen LogP contribution >= 0.6 is 24.8 Å². The highest BCUT2D eigenvalue weighted by molar-refractivity contribution is 5.85. The second-order valence-electron chi connectivity index (χ2n) is 7.33. The van der Waals surface area contributed by atoms with Gasteiger partial charge in [0.1, 0.15) is 0 Å². The van der Waals surface area contributed by atoms with Crippen LogP contribution in [0.4, 0.5) is 0 Å². The van der Waals surface area contributed by atoms with Gasteiger partial charge in [-0.1, -0.05) is 24.4 Å². The fourth-order valence-electron chi connectivity index (χ4n) is 3.95. The van der Waals surface area contributed by atoms with E-state index in [1.807, 2.05) is 4.90 Å². The Morgan fingerprint density at radius 3 is 2.35 bits per heavy atom.